The fourth-order valence-electron chi connectivity index (χ4n) is 1.74. The van der Waals surface area contributed by atoms with Gasteiger partial charge < -0.3 is 14.7 Å². The third-order valence-electron chi connectivity index (χ3n) is 2.58. The number of hydrogen-bond acceptors (Lipinski definition) is 4. The van der Waals surface area contributed by atoms with E-state index in [1.165, 1.54) is 20.0 Å². The molecule has 0 aromatic carbocycles. The van der Waals surface area contributed by atoms with Gasteiger partial charge in [-0.3, -0.25) is 4.79 Å². The monoisotopic (exact) mass is 201 g/mol. The maximum atomic E-state index is 10.8. The van der Waals surface area contributed by atoms with E-state index < -0.39 is 6.10 Å². The van der Waals surface area contributed by atoms with Crippen LogP contribution in [-0.4, -0.2) is 48.8 Å². The van der Waals surface area contributed by atoms with Gasteiger partial charge in [0.05, 0.1) is 13.2 Å². The number of esters is 1. The van der Waals surface area contributed by atoms with Crippen molar-refractivity contribution in [2.45, 2.75) is 31.8 Å². The zero-order chi connectivity index (χ0) is 10.4. The first-order valence-corrected chi connectivity index (χ1v) is 5.19. The van der Waals surface area contributed by atoms with E-state index in [9.17, 15) is 9.90 Å². The lowest BCUT2D eigenvalue weighted by molar-refractivity contribution is -0.141. The van der Waals surface area contributed by atoms with Crippen LogP contribution < -0.4 is 0 Å². The predicted molar refractivity (Wildman–Crippen MR) is 52.9 cm³/mol. The van der Waals surface area contributed by atoms with E-state index in [0.717, 1.165) is 13.1 Å². The maximum absolute atomic E-state index is 10.8. The molecule has 0 aliphatic carbocycles. The van der Waals surface area contributed by atoms with Crippen LogP contribution in [-0.2, 0) is 9.53 Å². The second-order valence-corrected chi connectivity index (χ2v) is 3.78. The van der Waals surface area contributed by atoms with Crippen molar-refractivity contribution in [2.75, 3.05) is 26.7 Å². The third-order valence-corrected chi connectivity index (χ3v) is 2.58. The first-order valence-electron chi connectivity index (χ1n) is 5.19. The molecule has 4 heteroatoms. The van der Waals surface area contributed by atoms with Gasteiger partial charge in [0.25, 0.3) is 0 Å². The molecule has 82 valence electrons. The van der Waals surface area contributed by atoms with Gasteiger partial charge >= 0.3 is 5.97 Å². The number of nitrogens with zero attached hydrogens (tertiary/aromatic N) is 1. The van der Waals surface area contributed by atoms with Crippen molar-refractivity contribution in [3.8, 4) is 0 Å². The van der Waals surface area contributed by atoms with Gasteiger partial charge in [-0.25, -0.2) is 0 Å². The fraction of sp³-hybridized carbons (Fsp3) is 0.900. The lowest BCUT2D eigenvalue weighted by Gasteiger charge is -2.18. The second kappa shape index (κ2) is 5.98. The summed E-state index contributed by atoms with van der Waals surface area (Å²) < 4.78 is 4.51. The Morgan fingerprint density at radius 2 is 2.14 bits per heavy atom. The molecule has 0 radical (unpaired) electrons. The van der Waals surface area contributed by atoms with Crippen LogP contribution in [0.2, 0.25) is 0 Å². The van der Waals surface area contributed by atoms with E-state index in [1.807, 2.05) is 0 Å². The van der Waals surface area contributed by atoms with Gasteiger partial charge in [0.2, 0.25) is 0 Å². The van der Waals surface area contributed by atoms with Crippen molar-refractivity contribution >= 4 is 5.97 Å². The van der Waals surface area contributed by atoms with E-state index in [-0.39, 0.29) is 5.97 Å². The number of likely N-dealkylation sites (tertiary alicyclic amines) is 1. The molecule has 1 aliphatic heterocycles. The predicted octanol–water partition coefficient (Wildman–Crippen LogP) is 0.396. The Morgan fingerprint density at radius 3 is 2.71 bits per heavy atom. The maximum Gasteiger partial charge on any atom is 0.305 e. The topological polar surface area (TPSA) is 49.8 Å². The summed E-state index contributed by atoms with van der Waals surface area (Å²) >= 11 is 0. The van der Waals surface area contributed by atoms with Gasteiger partial charge in [-0.2, -0.15) is 0 Å². The fourth-order valence-corrected chi connectivity index (χ4v) is 1.74. The molecule has 1 N–H and O–H groups in total. The van der Waals surface area contributed by atoms with E-state index in [2.05, 4.69) is 9.64 Å². The van der Waals surface area contributed by atoms with Crippen LogP contribution >= 0.6 is 0 Å². The Bertz CT molecular complexity index is 178. The van der Waals surface area contributed by atoms with Crippen molar-refractivity contribution in [2.24, 2.45) is 0 Å². The first-order chi connectivity index (χ1) is 6.72. The zero-order valence-electron chi connectivity index (χ0n) is 8.74. The minimum atomic E-state index is -0.396. The summed E-state index contributed by atoms with van der Waals surface area (Å²) in [5.74, 6) is -0.245. The van der Waals surface area contributed by atoms with Gasteiger partial charge in [0, 0.05) is 13.0 Å². The summed E-state index contributed by atoms with van der Waals surface area (Å²) in [5, 5.41) is 9.60. The Kier molecular flexibility index (Phi) is 4.90. The highest BCUT2D eigenvalue weighted by Gasteiger charge is 2.16. The second-order valence-electron chi connectivity index (χ2n) is 3.78. The highest BCUT2D eigenvalue weighted by molar-refractivity contribution is 5.69. The standard InChI is InChI=1S/C10H19NO3/c1-14-10(13)5-4-9(12)8-11-6-2-3-7-11/h9,12H,2-8H2,1H3. The highest BCUT2D eigenvalue weighted by Crippen LogP contribution is 2.09. The summed E-state index contributed by atoms with van der Waals surface area (Å²) in [5.41, 5.74) is 0. The van der Waals surface area contributed by atoms with Gasteiger partial charge in [-0.05, 0) is 32.4 Å². The van der Waals surface area contributed by atoms with Crippen molar-refractivity contribution in [3.63, 3.8) is 0 Å². The van der Waals surface area contributed by atoms with Crippen LogP contribution in [0.15, 0.2) is 0 Å². The van der Waals surface area contributed by atoms with Crippen molar-refractivity contribution in [3.05, 3.63) is 0 Å². The largest absolute Gasteiger partial charge is 0.469 e. The molecule has 0 aromatic rings. The van der Waals surface area contributed by atoms with Crippen LogP contribution in [0.5, 0.6) is 0 Å². The molecule has 0 amide bonds. The molecule has 14 heavy (non-hydrogen) atoms. The number of methoxy groups -OCH3 is 1. The van der Waals surface area contributed by atoms with E-state index in [4.69, 9.17) is 0 Å². The summed E-state index contributed by atoms with van der Waals surface area (Å²) in [7, 11) is 1.37. The van der Waals surface area contributed by atoms with Gasteiger partial charge in [0.1, 0.15) is 0 Å². The minimum Gasteiger partial charge on any atom is -0.469 e. The third kappa shape index (κ3) is 4.07. The molecular weight excluding hydrogens is 182 g/mol. The molecule has 1 aliphatic rings. The van der Waals surface area contributed by atoms with Crippen LogP contribution in [0.1, 0.15) is 25.7 Å². The van der Waals surface area contributed by atoms with Crippen LogP contribution in [0.25, 0.3) is 0 Å². The number of carbonyl (C=O) groups is 1. The molecule has 1 heterocycles. The highest BCUT2D eigenvalue weighted by atomic mass is 16.5. The van der Waals surface area contributed by atoms with Crippen molar-refractivity contribution in [1.82, 2.24) is 4.90 Å². The van der Waals surface area contributed by atoms with E-state index in [1.54, 1.807) is 0 Å². The molecule has 0 spiro atoms. The van der Waals surface area contributed by atoms with Crippen LogP contribution in [0, 0.1) is 0 Å². The molecule has 4 nitrogen and oxygen atoms in total. The smallest absolute Gasteiger partial charge is 0.305 e. The van der Waals surface area contributed by atoms with Crippen LogP contribution in [0.3, 0.4) is 0 Å². The molecule has 1 fully saturated rings. The first kappa shape index (κ1) is 11.5. The minimum absolute atomic E-state index is 0.245. The SMILES string of the molecule is COC(=O)CCC(O)CN1CCCC1. The van der Waals surface area contributed by atoms with Crippen LogP contribution in [0.4, 0.5) is 0 Å². The molecule has 1 atom stereocenters. The number of β-amino-alcohol motifs (C(OH)–C–C–N with tert-alkyl or cyclic N) is 1. The summed E-state index contributed by atoms with van der Waals surface area (Å²) in [6.45, 7) is 2.85. The number of aliphatic hydroxyl groups excluding tert-OH is 1. The Labute approximate surface area is 84.8 Å². The number of aliphatic hydroxyl groups is 1. The lowest BCUT2D eigenvalue weighted by Crippen LogP contribution is -2.30. The Morgan fingerprint density at radius 1 is 1.50 bits per heavy atom. The number of hydrogen-bond donors (Lipinski definition) is 1. The summed E-state index contributed by atoms with van der Waals surface area (Å²) in [4.78, 5) is 13.0. The van der Waals surface area contributed by atoms with E-state index >= 15 is 0 Å². The van der Waals surface area contributed by atoms with Gasteiger partial charge in [-0.15, -0.1) is 0 Å². The molecule has 0 aromatic heterocycles. The van der Waals surface area contributed by atoms with Gasteiger partial charge in [0.15, 0.2) is 0 Å². The molecular formula is C10H19NO3. The molecule has 1 rings (SSSR count). The van der Waals surface area contributed by atoms with Crippen molar-refractivity contribution in [1.29, 1.82) is 0 Å². The Balaban J connectivity index is 2.08. The quantitative estimate of drug-likeness (QED) is 0.654. The number of rotatable bonds is 5. The molecule has 1 unspecified atom stereocenters. The zero-order valence-corrected chi connectivity index (χ0v) is 8.74. The number of carbonyl (C=O) groups excluding carboxylic acids is 1. The van der Waals surface area contributed by atoms with Crippen molar-refractivity contribution < 1.29 is 14.6 Å². The number of ether oxygens (including phenoxy) is 1. The summed E-state index contributed by atoms with van der Waals surface area (Å²) in [6.07, 6.45) is 2.87. The molecule has 0 saturated carbocycles. The lowest BCUT2D eigenvalue weighted by atomic mass is 10.2. The molecule has 1 saturated heterocycles. The normalized spacial score (nSPS) is 19.6. The average Bonchev–Trinajstić information content (AvgIpc) is 2.66. The molecule has 0 bridgehead atoms. The summed E-state index contributed by atoms with van der Waals surface area (Å²) in [6, 6.07) is 0. The van der Waals surface area contributed by atoms with Gasteiger partial charge in [-0.1, -0.05) is 0 Å². The Hall–Kier alpha value is -0.610. The average molecular weight is 201 g/mol. The van der Waals surface area contributed by atoms with E-state index in [0.29, 0.717) is 19.4 Å².